The molecule has 8 nitrogen and oxygen atoms in total. The summed E-state index contributed by atoms with van der Waals surface area (Å²) in [6.07, 6.45) is 0.138. The van der Waals surface area contributed by atoms with Crippen LogP contribution in [0.25, 0.3) is 0 Å². The third-order valence-electron chi connectivity index (χ3n) is 5.84. The highest BCUT2D eigenvalue weighted by Gasteiger charge is 2.19. The van der Waals surface area contributed by atoms with Gasteiger partial charge < -0.3 is 16.0 Å². The maximum absolute atomic E-state index is 12.5. The van der Waals surface area contributed by atoms with Crippen LogP contribution < -0.4 is 16.0 Å². The standard InChI is InChI=1S/C29H31N5O3S/c1-19(2)38(36,37)26-15-7-22(8-16-26)18-28(35)32-24-13-11-23(12-14-24)31-27-17-21(4)30-29(34-27)33-25-9-5-20(3)6-10-25/h5-17,19H,18H2,1-4H3,(H,32,35)(H2,30,31,33,34). The quantitative estimate of drug-likeness (QED) is 0.246. The first kappa shape index (κ1) is 26.8. The lowest BCUT2D eigenvalue weighted by Gasteiger charge is -2.11. The second kappa shape index (κ2) is 11.4. The van der Waals surface area contributed by atoms with Crippen molar-refractivity contribution in [2.75, 3.05) is 16.0 Å². The lowest BCUT2D eigenvalue weighted by molar-refractivity contribution is -0.115. The summed E-state index contributed by atoms with van der Waals surface area (Å²) in [4.78, 5) is 21.8. The Labute approximate surface area is 223 Å². The van der Waals surface area contributed by atoms with Gasteiger partial charge >= 0.3 is 0 Å². The number of anilines is 5. The van der Waals surface area contributed by atoms with Crippen LogP contribution in [-0.2, 0) is 21.1 Å². The number of sulfone groups is 1. The second-order valence-electron chi connectivity index (χ2n) is 9.37. The van der Waals surface area contributed by atoms with Crippen molar-refractivity contribution in [3.63, 3.8) is 0 Å². The van der Waals surface area contributed by atoms with Crippen LogP contribution in [0.4, 0.5) is 28.8 Å². The third-order valence-corrected chi connectivity index (χ3v) is 8.01. The average molecular weight is 530 g/mol. The molecule has 3 N–H and O–H groups in total. The summed E-state index contributed by atoms with van der Waals surface area (Å²) < 4.78 is 24.5. The van der Waals surface area contributed by atoms with Crippen molar-refractivity contribution in [3.8, 4) is 0 Å². The fourth-order valence-corrected chi connectivity index (χ4v) is 4.76. The Hall–Kier alpha value is -4.24. The smallest absolute Gasteiger partial charge is 0.229 e. The van der Waals surface area contributed by atoms with E-state index in [9.17, 15) is 13.2 Å². The van der Waals surface area contributed by atoms with E-state index < -0.39 is 15.1 Å². The van der Waals surface area contributed by atoms with Crippen LogP contribution in [0, 0.1) is 13.8 Å². The summed E-state index contributed by atoms with van der Waals surface area (Å²) in [5, 5.41) is 8.88. The molecule has 0 radical (unpaired) electrons. The number of hydrogen-bond donors (Lipinski definition) is 3. The molecule has 1 heterocycles. The molecule has 1 aromatic heterocycles. The molecule has 0 aliphatic heterocycles. The van der Waals surface area contributed by atoms with E-state index in [0.29, 0.717) is 17.5 Å². The van der Waals surface area contributed by atoms with Gasteiger partial charge in [-0.25, -0.2) is 13.4 Å². The summed E-state index contributed by atoms with van der Waals surface area (Å²) in [7, 11) is -3.34. The molecule has 0 bridgehead atoms. The van der Waals surface area contributed by atoms with Gasteiger partial charge in [0.1, 0.15) is 5.82 Å². The molecular weight excluding hydrogens is 498 g/mol. The van der Waals surface area contributed by atoms with Crippen molar-refractivity contribution in [2.45, 2.75) is 44.3 Å². The van der Waals surface area contributed by atoms with Gasteiger partial charge in [-0.2, -0.15) is 4.98 Å². The maximum Gasteiger partial charge on any atom is 0.229 e. The zero-order valence-electron chi connectivity index (χ0n) is 21.8. The first-order valence-corrected chi connectivity index (χ1v) is 13.8. The van der Waals surface area contributed by atoms with Crippen molar-refractivity contribution < 1.29 is 13.2 Å². The Morgan fingerprint density at radius 2 is 1.37 bits per heavy atom. The lowest BCUT2D eigenvalue weighted by Crippen LogP contribution is -2.15. The molecule has 0 spiro atoms. The van der Waals surface area contributed by atoms with Crippen molar-refractivity contribution in [3.05, 3.63) is 95.7 Å². The van der Waals surface area contributed by atoms with Crippen LogP contribution in [0.15, 0.2) is 83.8 Å². The molecule has 0 saturated heterocycles. The molecule has 0 aliphatic carbocycles. The van der Waals surface area contributed by atoms with E-state index in [-0.39, 0.29) is 17.2 Å². The number of nitrogens with one attached hydrogen (secondary N) is 3. The van der Waals surface area contributed by atoms with Crippen molar-refractivity contribution in [1.29, 1.82) is 0 Å². The summed E-state index contributed by atoms with van der Waals surface area (Å²) in [6, 6.07) is 23.6. The molecule has 3 aromatic carbocycles. The lowest BCUT2D eigenvalue weighted by atomic mass is 10.1. The topological polar surface area (TPSA) is 113 Å². The number of nitrogens with zero attached hydrogens (tertiary/aromatic N) is 2. The van der Waals surface area contributed by atoms with Gasteiger partial charge in [0.05, 0.1) is 16.6 Å². The van der Waals surface area contributed by atoms with Crippen LogP contribution in [-0.4, -0.2) is 29.5 Å². The van der Waals surface area contributed by atoms with Gasteiger partial charge in [-0.05, 0) is 81.8 Å². The van der Waals surface area contributed by atoms with Crippen LogP contribution >= 0.6 is 0 Å². The summed E-state index contributed by atoms with van der Waals surface area (Å²) in [5.41, 5.74) is 5.10. The van der Waals surface area contributed by atoms with E-state index in [1.165, 1.54) is 5.56 Å². The van der Waals surface area contributed by atoms with E-state index in [4.69, 9.17) is 0 Å². The molecule has 196 valence electrons. The van der Waals surface area contributed by atoms with Crippen molar-refractivity contribution in [1.82, 2.24) is 9.97 Å². The molecule has 0 atom stereocenters. The molecule has 4 rings (SSSR count). The zero-order chi connectivity index (χ0) is 27.3. The van der Waals surface area contributed by atoms with Crippen LogP contribution in [0.3, 0.4) is 0 Å². The van der Waals surface area contributed by atoms with Gasteiger partial charge in [0.25, 0.3) is 0 Å². The Kier molecular flexibility index (Phi) is 8.07. The predicted octanol–water partition coefficient (Wildman–Crippen LogP) is 5.94. The maximum atomic E-state index is 12.5. The van der Waals surface area contributed by atoms with E-state index in [1.807, 2.05) is 56.3 Å². The number of aryl methyl sites for hydroxylation is 2. The minimum Gasteiger partial charge on any atom is -0.340 e. The number of hydrogen-bond acceptors (Lipinski definition) is 7. The normalized spacial score (nSPS) is 11.3. The van der Waals surface area contributed by atoms with E-state index >= 15 is 0 Å². The van der Waals surface area contributed by atoms with Gasteiger partial charge in [0.15, 0.2) is 9.84 Å². The minimum atomic E-state index is -3.34. The van der Waals surface area contributed by atoms with Crippen LogP contribution in [0.1, 0.15) is 30.7 Å². The minimum absolute atomic E-state index is 0.138. The highest BCUT2D eigenvalue weighted by atomic mass is 32.2. The molecule has 0 unspecified atom stereocenters. The number of amides is 1. The molecule has 9 heteroatoms. The summed E-state index contributed by atoms with van der Waals surface area (Å²) in [6.45, 7) is 7.23. The average Bonchev–Trinajstić information content (AvgIpc) is 2.86. The van der Waals surface area contributed by atoms with Crippen LogP contribution in [0.2, 0.25) is 0 Å². The first-order chi connectivity index (χ1) is 18.1. The van der Waals surface area contributed by atoms with Gasteiger partial charge in [-0.1, -0.05) is 29.8 Å². The number of rotatable bonds is 9. The van der Waals surface area contributed by atoms with E-state index in [1.54, 1.807) is 50.2 Å². The summed E-state index contributed by atoms with van der Waals surface area (Å²) >= 11 is 0. The zero-order valence-corrected chi connectivity index (χ0v) is 22.6. The van der Waals surface area contributed by atoms with E-state index in [2.05, 4.69) is 25.9 Å². The van der Waals surface area contributed by atoms with Crippen molar-refractivity contribution >= 4 is 44.6 Å². The number of benzene rings is 3. The Balaban J connectivity index is 1.35. The fraction of sp³-hybridized carbons (Fsp3) is 0.207. The monoisotopic (exact) mass is 529 g/mol. The van der Waals surface area contributed by atoms with Gasteiger partial charge in [0, 0.05) is 28.8 Å². The molecular formula is C29H31N5O3S. The molecule has 0 aliphatic rings. The van der Waals surface area contributed by atoms with E-state index in [0.717, 1.165) is 22.6 Å². The molecule has 4 aromatic rings. The largest absolute Gasteiger partial charge is 0.340 e. The molecule has 0 saturated carbocycles. The van der Waals surface area contributed by atoms with Crippen LogP contribution in [0.5, 0.6) is 0 Å². The van der Waals surface area contributed by atoms with Crippen molar-refractivity contribution in [2.24, 2.45) is 0 Å². The Morgan fingerprint density at radius 1 is 0.789 bits per heavy atom. The Bertz CT molecular complexity index is 1520. The number of carbonyl (C=O) groups excluding carboxylic acids is 1. The molecule has 1 amide bonds. The number of aromatic nitrogens is 2. The van der Waals surface area contributed by atoms with Gasteiger partial charge in [-0.15, -0.1) is 0 Å². The predicted molar refractivity (Wildman–Crippen MR) is 152 cm³/mol. The summed E-state index contributed by atoms with van der Waals surface area (Å²) in [5.74, 6) is 0.949. The highest BCUT2D eigenvalue weighted by molar-refractivity contribution is 7.92. The highest BCUT2D eigenvalue weighted by Crippen LogP contribution is 2.22. The molecule has 0 fully saturated rings. The Morgan fingerprint density at radius 3 is 2.00 bits per heavy atom. The molecule has 38 heavy (non-hydrogen) atoms. The number of carbonyl (C=O) groups is 1. The fourth-order valence-electron chi connectivity index (χ4n) is 3.70. The van der Waals surface area contributed by atoms with Gasteiger partial charge in [-0.3, -0.25) is 4.79 Å². The third kappa shape index (κ3) is 6.95. The first-order valence-electron chi connectivity index (χ1n) is 12.3. The van der Waals surface area contributed by atoms with Gasteiger partial charge in [0.2, 0.25) is 11.9 Å². The SMILES string of the molecule is Cc1ccc(Nc2nc(C)cc(Nc3ccc(NC(=O)Cc4ccc(S(=O)(=O)C(C)C)cc4)cc3)n2)cc1. The second-order valence-corrected chi connectivity index (χ2v) is 11.9.